The lowest BCUT2D eigenvalue weighted by molar-refractivity contribution is -0.137. The zero-order chi connectivity index (χ0) is 16.5. The van der Waals surface area contributed by atoms with E-state index in [-0.39, 0.29) is 5.92 Å². The molecule has 2 aliphatic rings. The Bertz CT molecular complexity index is 735. The molecule has 2 fully saturated rings. The largest absolute Gasteiger partial charge is 0.353 e. The summed E-state index contributed by atoms with van der Waals surface area (Å²) in [5.41, 5.74) is 1.03. The second-order valence-corrected chi connectivity index (χ2v) is 6.88. The van der Waals surface area contributed by atoms with Crippen molar-refractivity contribution in [2.24, 2.45) is 11.8 Å². The van der Waals surface area contributed by atoms with Crippen molar-refractivity contribution in [3.05, 3.63) is 36.4 Å². The number of hydrogen-bond donors (Lipinski definition) is 1. The van der Waals surface area contributed by atoms with Gasteiger partial charge in [0.2, 0.25) is 5.91 Å². The number of carbonyl (C=O) groups excluding carboxylic acids is 1. The second-order valence-electron chi connectivity index (χ2n) is 6.88. The highest BCUT2D eigenvalue weighted by Crippen LogP contribution is 2.22. The highest BCUT2D eigenvalue weighted by molar-refractivity contribution is 5.81. The van der Waals surface area contributed by atoms with Gasteiger partial charge in [0.1, 0.15) is 5.82 Å². The molecule has 0 aliphatic carbocycles. The summed E-state index contributed by atoms with van der Waals surface area (Å²) >= 11 is 0. The number of nitrogens with one attached hydrogen (secondary N) is 1. The van der Waals surface area contributed by atoms with Gasteiger partial charge in [-0.05, 0) is 37.2 Å². The minimum Gasteiger partial charge on any atom is -0.353 e. The van der Waals surface area contributed by atoms with Gasteiger partial charge in [-0.3, -0.25) is 4.79 Å². The fraction of sp³-hybridized carbons (Fsp3) is 0.474. The Kier molecular flexibility index (Phi) is 4.10. The Balaban J connectivity index is 1.40. The molecule has 1 aromatic carbocycles. The number of carbonyl (C=O) groups is 1. The van der Waals surface area contributed by atoms with E-state index in [0.29, 0.717) is 11.8 Å². The normalized spacial score (nSPS) is 20.0. The van der Waals surface area contributed by atoms with Crippen LogP contribution in [0.2, 0.25) is 0 Å². The monoisotopic (exact) mass is 324 g/mol. The van der Waals surface area contributed by atoms with Crippen LogP contribution in [0.3, 0.4) is 0 Å². The number of benzene rings is 1. The summed E-state index contributed by atoms with van der Waals surface area (Å²) in [5.74, 6) is 1.97. The molecule has 1 aromatic heterocycles. The van der Waals surface area contributed by atoms with Gasteiger partial charge in [0.25, 0.3) is 0 Å². The standard InChI is InChI=1S/C19H24N4O/c1-14(16-12-20-13-16)19(24)23-10-8-22(9-11-23)18-7-6-15-4-2-3-5-17(15)21-18/h2-7,14,16,20H,8-13H2,1H3. The first kappa shape index (κ1) is 15.4. The van der Waals surface area contributed by atoms with Crippen LogP contribution in [0.1, 0.15) is 6.92 Å². The molecule has 5 heteroatoms. The van der Waals surface area contributed by atoms with E-state index in [1.54, 1.807) is 0 Å². The highest BCUT2D eigenvalue weighted by atomic mass is 16.2. The molecule has 1 unspecified atom stereocenters. The van der Waals surface area contributed by atoms with Crippen LogP contribution in [0, 0.1) is 11.8 Å². The van der Waals surface area contributed by atoms with Gasteiger partial charge in [-0.1, -0.05) is 25.1 Å². The molecule has 5 nitrogen and oxygen atoms in total. The molecule has 1 amide bonds. The first-order chi connectivity index (χ1) is 11.7. The Morgan fingerprint density at radius 1 is 1.12 bits per heavy atom. The maximum absolute atomic E-state index is 12.6. The molecule has 0 radical (unpaired) electrons. The molecule has 4 rings (SSSR count). The van der Waals surface area contributed by atoms with Gasteiger partial charge in [0.15, 0.2) is 0 Å². The van der Waals surface area contributed by atoms with Gasteiger partial charge in [0.05, 0.1) is 5.52 Å². The minimum atomic E-state index is 0.136. The first-order valence-electron chi connectivity index (χ1n) is 8.82. The number of fused-ring (bicyclic) bond motifs is 1. The third-order valence-corrected chi connectivity index (χ3v) is 5.41. The van der Waals surface area contributed by atoms with Gasteiger partial charge < -0.3 is 15.1 Å². The lowest BCUT2D eigenvalue weighted by Crippen LogP contribution is -2.54. The Hall–Kier alpha value is -2.14. The van der Waals surface area contributed by atoms with Crippen LogP contribution in [0.25, 0.3) is 10.9 Å². The molecule has 126 valence electrons. The molecule has 0 saturated carbocycles. The number of anilines is 1. The Morgan fingerprint density at radius 2 is 1.88 bits per heavy atom. The van der Waals surface area contributed by atoms with Crippen LogP contribution in [0.4, 0.5) is 5.82 Å². The van der Waals surface area contributed by atoms with E-state index in [1.165, 1.54) is 0 Å². The molecule has 0 bridgehead atoms. The van der Waals surface area contributed by atoms with Gasteiger partial charge >= 0.3 is 0 Å². The highest BCUT2D eigenvalue weighted by Gasteiger charge is 2.32. The molecule has 3 heterocycles. The summed E-state index contributed by atoms with van der Waals surface area (Å²) in [6.45, 7) is 7.32. The molecule has 1 atom stereocenters. The zero-order valence-corrected chi connectivity index (χ0v) is 14.1. The van der Waals surface area contributed by atoms with E-state index >= 15 is 0 Å². The quantitative estimate of drug-likeness (QED) is 0.934. The summed E-state index contributed by atoms with van der Waals surface area (Å²) in [6.07, 6.45) is 0. The topological polar surface area (TPSA) is 48.5 Å². The fourth-order valence-electron chi connectivity index (χ4n) is 3.54. The van der Waals surface area contributed by atoms with Crippen molar-refractivity contribution in [2.45, 2.75) is 6.92 Å². The third kappa shape index (κ3) is 2.84. The molecule has 2 saturated heterocycles. The predicted molar refractivity (Wildman–Crippen MR) is 96.1 cm³/mol. The molecule has 1 N–H and O–H groups in total. The predicted octanol–water partition coefficient (Wildman–Crippen LogP) is 1.74. The van der Waals surface area contributed by atoms with E-state index in [4.69, 9.17) is 4.98 Å². The molecule has 24 heavy (non-hydrogen) atoms. The summed E-state index contributed by atoms with van der Waals surface area (Å²) in [7, 11) is 0. The van der Waals surface area contributed by atoms with Crippen LogP contribution in [-0.4, -0.2) is 55.1 Å². The van der Waals surface area contributed by atoms with Crippen molar-refractivity contribution in [1.29, 1.82) is 0 Å². The summed E-state index contributed by atoms with van der Waals surface area (Å²) in [4.78, 5) is 21.7. The van der Waals surface area contributed by atoms with Crippen molar-refractivity contribution in [1.82, 2.24) is 15.2 Å². The van der Waals surface area contributed by atoms with Crippen LogP contribution in [-0.2, 0) is 4.79 Å². The second kappa shape index (κ2) is 6.40. The summed E-state index contributed by atoms with van der Waals surface area (Å²) in [6, 6.07) is 12.4. The summed E-state index contributed by atoms with van der Waals surface area (Å²) in [5, 5.41) is 4.42. The van der Waals surface area contributed by atoms with Crippen molar-refractivity contribution >= 4 is 22.6 Å². The number of pyridine rings is 1. The average Bonchev–Trinajstić information content (AvgIpc) is 2.59. The maximum atomic E-state index is 12.6. The average molecular weight is 324 g/mol. The Morgan fingerprint density at radius 3 is 2.58 bits per heavy atom. The number of aromatic nitrogens is 1. The number of para-hydroxylation sites is 1. The third-order valence-electron chi connectivity index (χ3n) is 5.41. The summed E-state index contributed by atoms with van der Waals surface area (Å²) < 4.78 is 0. The SMILES string of the molecule is CC(C(=O)N1CCN(c2ccc3ccccc3n2)CC1)C1CNC1. The zero-order valence-electron chi connectivity index (χ0n) is 14.1. The molecule has 0 spiro atoms. The molecular weight excluding hydrogens is 300 g/mol. The molecular formula is C19H24N4O. The number of hydrogen-bond acceptors (Lipinski definition) is 4. The minimum absolute atomic E-state index is 0.136. The maximum Gasteiger partial charge on any atom is 0.225 e. The number of piperazine rings is 1. The Labute approximate surface area is 142 Å². The van der Waals surface area contributed by atoms with E-state index in [0.717, 1.165) is 56.0 Å². The molecule has 2 aromatic rings. The van der Waals surface area contributed by atoms with Crippen molar-refractivity contribution < 1.29 is 4.79 Å². The van der Waals surface area contributed by atoms with Crippen LogP contribution in [0.5, 0.6) is 0 Å². The smallest absolute Gasteiger partial charge is 0.225 e. The van der Waals surface area contributed by atoms with E-state index in [1.807, 2.05) is 23.1 Å². The van der Waals surface area contributed by atoms with Gasteiger partial charge in [-0.15, -0.1) is 0 Å². The van der Waals surface area contributed by atoms with E-state index in [2.05, 4.69) is 35.3 Å². The van der Waals surface area contributed by atoms with Crippen molar-refractivity contribution in [3.8, 4) is 0 Å². The van der Waals surface area contributed by atoms with Crippen LogP contribution in [0.15, 0.2) is 36.4 Å². The van der Waals surface area contributed by atoms with Crippen molar-refractivity contribution in [3.63, 3.8) is 0 Å². The number of nitrogens with zero attached hydrogens (tertiary/aromatic N) is 3. The lowest BCUT2D eigenvalue weighted by Gasteiger charge is -2.39. The number of rotatable bonds is 3. The van der Waals surface area contributed by atoms with Gasteiger partial charge in [-0.25, -0.2) is 4.98 Å². The van der Waals surface area contributed by atoms with Gasteiger partial charge in [0, 0.05) is 37.5 Å². The lowest BCUT2D eigenvalue weighted by atomic mass is 9.88. The number of amides is 1. The van der Waals surface area contributed by atoms with Gasteiger partial charge in [-0.2, -0.15) is 0 Å². The van der Waals surface area contributed by atoms with Crippen LogP contribution < -0.4 is 10.2 Å². The van der Waals surface area contributed by atoms with E-state index < -0.39 is 0 Å². The fourth-order valence-corrected chi connectivity index (χ4v) is 3.54. The van der Waals surface area contributed by atoms with Crippen LogP contribution >= 0.6 is 0 Å². The van der Waals surface area contributed by atoms with Crippen molar-refractivity contribution in [2.75, 3.05) is 44.2 Å². The first-order valence-corrected chi connectivity index (χ1v) is 8.82. The molecule has 2 aliphatic heterocycles. The van der Waals surface area contributed by atoms with E-state index in [9.17, 15) is 4.79 Å².